The van der Waals surface area contributed by atoms with Crippen LogP contribution in [0.3, 0.4) is 0 Å². The summed E-state index contributed by atoms with van der Waals surface area (Å²) in [5.41, 5.74) is 0.706. The lowest BCUT2D eigenvalue weighted by Gasteiger charge is -2.13. The van der Waals surface area contributed by atoms with Crippen LogP contribution in [0.15, 0.2) is 42.5 Å². The molecule has 0 saturated carbocycles. The van der Waals surface area contributed by atoms with Crippen LogP contribution < -0.4 is 9.84 Å². The number of pyridine rings is 1. The molecule has 0 aliphatic heterocycles. The quantitative estimate of drug-likeness (QED) is 0.500. The summed E-state index contributed by atoms with van der Waals surface area (Å²) in [5, 5.41) is 34.3. The Morgan fingerprint density at radius 2 is 1.74 bits per heavy atom. The first-order valence-electron chi connectivity index (χ1n) is 7.66. The summed E-state index contributed by atoms with van der Waals surface area (Å²) in [4.78, 5) is 25.2. The molecule has 9 heteroatoms. The Morgan fingerprint density at radius 3 is 2.41 bits per heavy atom. The van der Waals surface area contributed by atoms with E-state index in [9.17, 15) is 25.3 Å². The first-order chi connectivity index (χ1) is 12.9. The van der Waals surface area contributed by atoms with E-state index in [1.54, 1.807) is 36.4 Å². The number of benzene rings is 2. The Kier molecular flexibility index (Phi) is 4.67. The Hall–Kier alpha value is -4.01. The van der Waals surface area contributed by atoms with Crippen molar-refractivity contribution in [3.05, 3.63) is 74.0 Å². The fourth-order valence-electron chi connectivity index (χ4n) is 2.58. The van der Waals surface area contributed by atoms with E-state index in [1.165, 1.54) is 19.2 Å². The minimum atomic E-state index is -0.796. The van der Waals surface area contributed by atoms with Gasteiger partial charge in [0.05, 0.1) is 33.6 Å². The number of hydrogen-bond acceptors (Lipinski definition) is 7. The molecule has 0 aliphatic carbocycles. The van der Waals surface area contributed by atoms with Gasteiger partial charge in [0.1, 0.15) is 5.75 Å². The molecule has 0 radical (unpaired) electrons. The lowest BCUT2D eigenvalue weighted by Crippen LogP contribution is -2.01. The van der Waals surface area contributed by atoms with Gasteiger partial charge in [0.25, 0.3) is 11.4 Å². The molecule has 27 heavy (non-hydrogen) atoms. The van der Waals surface area contributed by atoms with E-state index < -0.39 is 21.3 Å². The Labute approximate surface area is 152 Å². The van der Waals surface area contributed by atoms with Crippen LogP contribution in [-0.4, -0.2) is 21.9 Å². The third-order valence-electron chi connectivity index (χ3n) is 3.85. The van der Waals surface area contributed by atoms with Crippen LogP contribution in [0.2, 0.25) is 0 Å². The van der Waals surface area contributed by atoms with Crippen LogP contribution >= 0.6 is 0 Å². The number of nitro benzene ring substituents is 2. The second-order valence-corrected chi connectivity index (χ2v) is 5.50. The maximum Gasteiger partial charge on any atom is 0.278 e. The molecule has 0 amide bonds. The average molecular weight is 366 g/mol. The predicted molar refractivity (Wildman–Crippen MR) is 96.4 cm³/mol. The first kappa shape index (κ1) is 17.8. The molecule has 3 aromatic rings. The van der Waals surface area contributed by atoms with Gasteiger partial charge in [0, 0.05) is 17.9 Å². The molecule has 0 bridgehead atoms. The minimum absolute atomic E-state index is 0.0399. The van der Waals surface area contributed by atoms with Crippen LogP contribution in [0.25, 0.3) is 23.1 Å². The summed E-state index contributed by atoms with van der Waals surface area (Å²) in [5.74, 6) is -0.929. The summed E-state index contributed by atoms with van der Waals surface area (Å²) in [6, 6.07) is 10.3. The molecule has 3 rings (SSSR count). The zero-order valence-electron chi connectivity index (χ0n) is 14.0. The van der Waals surface area contributed by atoms with Crippen molar-refractivity contribution in [3.8, 4) is 11.5 Å². The van der Waals surface area contributed by atoms with Crippen molar-refractivity contribution in [2.75, 3.05) is 7.11 Å². The van der Waals surface area contributed by atoms with E-state index in [-0.39, 0.29) is 11.4 Å². The Bertz CT molecular complexity index is 1090. The largest absolute Gasteiger partial charge is 0.865 e. The monoisotopic (exact) mass is 366 g/mol. The van der Waals surface area contributed by atoms with Gasteiger partial charge in [0.15, 0.2) is 0 Å². The van der Waals surface area contributed by atoms with Gasteiger partial charge in [0.2, 0.25) is 0 Å². The number of non-ortho nitro benzene ring substituents is 1. The van der Waals surface area contributed by atoms with Crippen molar-refractivity contribution in [1.82, 2.24) is 4.98 Å². The molecular weight excluding hydrogens is 354 g/mol. The second kappa shape index (κ2) is 7.08. The summed E-state index contributed by atoms with van der Waals surface area (Å²) in [7, 11) is 1.26. The molecular formula is C18H12N3O6-. The van der Waals surface area contributed by atoms with Crippen molar-refractivity contribution >= 4 is 34.4 Å². The van der Waals surface area contributed by atoms with Gasteiger partial charge in [-0.05, 0) is 35.9 Å². The number of rotatable bonds is 5. The van der Waals surface area contributed by atoms with Crippen LogP contribution in [0.1, 0.15) is 11.3 Å². The fourth-order valence-corrected chi connectivity index (χ4v) is 2.58. The Balaban J connectivity index is 2.00. The molecule has 136 valence electrons. The number of aromatic nitrogens is 1. The van der Waals surface area contributed by atoms with E-state index in [1.807, 2.05) is 0 Å². The smallest absolute Gasteiger partial charge is 0.278 e. The van der Waals surface area contributed by atoms with Gasteiger partial charge >= 0.3 is 0 Å². The normalized spacial score (nSPS) is 11.0. The van der Waals surface area contributed by atoms with E-state index in [2.05, 4.69) is 4.98 Å². The third kappa shape index (κ3) is 3.52. The maximum absolute atomic E-state index is 11.8. The van der Waals surface area contributed by atoms with E-state index >= 15 is 0 Å². The highest BCUT2D eigenvalue weighted by Crippen LogP contribution is 2.35. The second-order valence-electron chi connectivity index (χ2n) is 5.50. The van der Waals surface area contributed by atoms with Crippen molar-refractivity contribution in [3.63, 3.8) is 0 Å². The summed E-state index contributed by atoms with van der Waals surface area (Å²) >= 11 is 0. The van der Waals surface area contributed by atoms with Gasteiger partial charge in [-0.1, -0.05) is 12.1 Å². The van der Waals surface area contributed by atoms with E-state index in [0.29, 0.717) is 22.2 Å². The zero-order chi connectivity index (χ0) is 19.6. The number of nitro groups is 2. The molecule has 0 fully saturated rings. The maximum atomic E-state index is 11.8. The van der Waals surface area contributed by atoms with Gasteiger partial charge in [-0.3, -0.25) is 20.2 Å². The number of nitrogens with zero attached hydrogens (tertiary/aromatic N) is 3. The molecule has 0 spiro atoms. The highest BCUT2D eigenvalue weighted by Gasteiger charge is 2.13. The van der Waals surface area contributed by atoms with Crippen molar-refractivity contribution in [2.45, 2.75) is 0 Å². The van der Waals surface area contributed by atoms with Gasteiger partial charge < -0.3 is 9.84 Å². The van der Waals surface area contributed by atoms with Crippen LogP contribution in [0.5, 0.6) is 11.5 Å². The molecule has 0 aliphatic rings. The first-order valence-corrected chi connectivity index (χ1v) is 7.66. The topological polar surface area (TPSA) is 131 Å². The number of fused-ring (bicyclic) bond motifs is 1. The van der Waals surface area contributed by atoms with E-state index in [0.717, 1.165) is 6.07 Å². The molecule has 1 aromatic heterocycles. The van der Waals surface area contributed by atoms with Gasteiger partial charge in [-0.2, -0.15) is 0 Å². The molecule has 1 heterocycles. The Morgan fingerprint density at radius 1 is 1.00 bits per heavy atom. The minimum Gasteiger partial charge on any atom is -0.865 e. The van der Waals surface area contributed by atoms with Crippen LogP contribution in [0.4, 0.5) is 11.4 Å². The average Bonchev–Trinajstić information content (AvgIpc) is 2.66. The molecule has 0 unspecified atom stereocenters. The van der Waals surface area contributed by atoms with Crippen molar-refractivity contribution in [2.24, 2.45) is 0 Å². The molecule has 9 nitrogen and oxygen atoms in total. The molecule has 0 atom stereocenters. The summed E-state index contributed by atoms with van der Waals surface area (Å²) in [6.45, 7) is 0. The van der Waals surface area contributed by atoms with Gasteiger partial charge in [-0.25, -0.2) is 4.98 Å². The van der Waals surface area contributed by atoms with E-state index in [4.69, 9.17) is 4.74 Å². The SMILES string of the molecule is COc1cc(/C=C/c2ccc3c([N+](=O)[O-])cccc3n2)cc([N+](=O)[O-])c1[O-]. The van der Waals surface area contributed by atoms with Crippen LogP contribution in [-0.2, 0) is 0 Å². The number of hydrogen-bond donors (Lipinski definition) is 0. The molecule has 0 saturated heterocycles. The third-order valence-corrected chi connectivity index (χ3v) is 3.85. The number of methoxy groups -OCH3 is 1. The van der Waals surface area contributed by atoms with Crippen molar-refractivity contribution < 1.29 is 19.7 Å². The lowest BCUT2D eigenvalue weighted by atomic mass is 10.1. The zero-order valence-corrected chi connectivity index (χ0v) is 14.0. The fraction of sp³-hybridized carbons (Fsp3) is 0.0556. The lowest BCUT2D eigenvalue weighted by molar-refractivity contribution is -0.398. The van der Waals surface area contributed by atoms with Gasteiger partial charge in [-0.15, -0.1) is 0 Å². The summed E-state index contributed by atoms with van der Waals surface area (Å²) < 4.78 is 4.89. The highest BCUT2D eigenvalue weighted by molar-refractivity contribution is 5.89. The predicted octanol–water partition coefficient (Wildman–Crippen LogP) is 3.30. The van der Waals surface area contributed by atoms with Crippen molar-refractivity contribution in [1.29, 1.82) is 0 Å². The molecule has 2 aromatic carbocycles. The summed E-state index contributed by atoms with van der Waals surface area (Å²) in [6.07, 6.45) is 3.13. The molecule has 0 N–H and O–H groups in total. The standard InChI is InChI=1S/C18H13N3O6/c1-27-17-10-11(9-16(18(17)22)21(25)26)5-6-12-7-8-13-14(19-12)3-2-4-15(13)20(23)24/h2-10,22H,1H3/p-1/b6-5+. The highest BCUT2D eigenvalue weighted by atomic mass is 16.6. The number of ether oxygens (including phenoxy) is 1. The van der Waals surface area contributed by atoms with Crippen LogP contribution in [0, 0.1) is 20.2 Å².